The maximum atomic E-state index is 9.66. The van der Waals surface area contributed by atoms with Crippen molar-refractivity contribution in [1.29, 1.82) is 0 Å². The molecular formula is C10H16N2OS. The summed E-state index contributed by atoms with van der Waals surface area (Å²) in [7, 11) is 0. The van der Waals surface area contributed by atoms with Gasteiger partial charge >= 0.3 is 0 Å². The van der Waals surface area contributed by atoms with Gasteiger partial charge in [0.15, 0.2) is 0 Å². The molecule has 0 fully saturated rings. The van der Waals surface area contributed by atoms with E-state index in [1.807, 2.05) is 18.4 Å². The Morgan fingerprint density at radius 1 is 1.64 bits per heavy atom. The van der Waals surface area contributed by atoms with Crippen LogP contribution in [0.5, 0.6) is 0 Å². The number of aromatic nitrogens is 1. The Morgan fingerprint density at radius 2 is 2.43 bits per heavy atom. The lowest BCUT2D eigenvalue weighted by atomic mass is 10.1. The summed E-state index contributed by atoms with van der Waals surface area (Å²) in [6.45, 7) is 0. The molecule has 0 bridgehead atoms. The lowest BCUT2D eigenvalue weighted by Gasteiger charge is -2.10. The van der Waals surface area contributed by atoms with E-state index in [2.05, 4.69) is 4.98 Å². The Hall–Kier alpha value is -0.740. The quantitative estimate of drug-likeness (QED) is 0.773. The lowest BCUT2D eigenvalue weighted by Crippen LogP contribution is -2.13. The number of nitrogens with two attached hydrogens (primary N) is 1. The lowest BCUT2D eigenvalue weighted by molar-refractivity contribution is 0.172. The van der Waals surface area contributed by atoms with Crippen LogP contribution in [0.2, 0.25) is 0 Å². The highest BCUT2D eigenvalue weighted by Crippen LogP contribution is 2.12. The highest BCUT2D eigenvalue weighted by atomic mass is 32.2. The molecule has 1 aromatic heterocycles. The van der Waals surface area contributed by atoms with Gasteiger partial charge in [-0.15, -0.1) is 0 Å². The van der Waals surface area contributed by atoms with E-state index < -0.39 is 0 Å². The third-order valence-corrected chi connectivity index (χ3v) is 2.68. The Labute approximate surface area is 88.7 Å². The van der Waals surface area contributed by atoms with Crippen molar-refractivity contribution in [3.63, 3.8) is 0 Å². The van der Waals surface area contributed by atoms with Gasteiger partial charge in [0.05, 0.1) is 6.10 Å². The van der Waals surface area contributed by atoms with Gasteiger partial charge in [-0.2, -0.15) is 11.8 Å². The molecular weight excluding hydrogens is 196 g/mol. The van der Waals surface area contributed by atoms with E-state index in [0.29, 0.717) is 12.2 Å². The summed E-state index contributed by atoms with van der Waals surface area (Å²) in [5.74, 6) is 1.50. The van der Waals surface area contributed by atoms with Crippen molar-refractivity contribution >= 4 is 17.6 Å². The monoisotopic (exact) mass is 212 g/mol. The summed E-state index contributed by atoms with van der Waals surface area (Å²) in [5, 5.41) is 9.66. The van der Waals surface area contributed by atoms with Crippen molar-refractivity contribution in [2.45, 2.75) is 18.9 Å². The highest BCUT2D eigenvalue weighted by Gasteiger charge is 2.07. The fourth-order valence-corrected chi connectivity index (χ4v) is 1.74. The van der Waals surface area contributed by atoms with Crippen LogP contribution in [0, 0.1) is 0 Å². The van der Waals surface area contributed by atoms with Gasteiger partial charge < -0.3 is 10.8 Å². The van der Waals surface area contributed by atoms with Crippen molar-refractivity contribution < 1.29 is 5.11 Å². The van der Waals surface area contributed by atoms with Crippen LogP contribution in [0.4, 0.5) is 5.82 Å². The minimum atomic E-state index is -0.311. The van der Waals surface area contributed by atoms with E-state index in [4.69, 9.17) is 5.73 Å². The summed E-state index contributed by atoms with van der Waals surface area (Å²) >= 11 is 1.74. The normalized spacial score (nSPS) is 12.7. The van der Waals surface area contributed by atoms with Crippen LogP contribution in [0.15, 0.2) is 18.3 Å². The second-order valence-electron chi connectivity index (χ2n) is 3.19. The number of anilines is 1. The number of aliphatic hydroxyl groups is 1. The van der Waals surface area contributed by atoms with Gasteiger partial charge in [-0.25, -0.2) is 4.98 Å². The molecule has 14 heavy (non-hydrogen) atoms. The fraction of sp³-hybridized carbons (Fsp3) is 0.500. The second kappa shape index (κ2) is 5.88. The van der Waals surface area contributed by atoms with Crippen LogP contribution in [-0.2, 0) is 6.42 Å². The van der Waals surface area contributed by atoms with Gasteiger partial charge in [-0.1, -0.05) is 6.07 Å². The van der Waals surface area contributed by atoms with E-state index in [1.54, 1.807) is 18.0 Å². The first kappa shape index (κ1) is 11.3. The van der Waals surface area contributed by atoms with Crippen LogP contribution < -0.4 is 5.73 Å². The van der Waals surface area contributed by atoms with Crippen molar-refractivity contribution in [3.05, 3.63) is 23.9 Å². The first-order chi connectivity index (χ1) is 6.74. The fourth-order valence-electron chi connectivity index (χ4n) is 1.23. The van der Waals surface area contributed by atoms with Gasteiger partial charge in [0.2, 0.25) is 0 Å². The molecule has 4 heteroatoms. The minimum absolute atomic E-state index is 0.311. The number of hydrogen-bond acceptors (Lipinski definition) is 4. The van der Waals surface area contributed by atoms with E-state index in [9.17, 15) is 5.11 Å². The number of nitrogen functional groups attached to an aromatic ring is 1. The molecule has 1 heterocycles. The van der Waals surface area contributed by atoms with Crippen LogP contribution >= 0.6 is 11.8 Å². The average molecular weight is 212 g/mol. The number of hydrogen-bond donors (Lipinski definition) is 2. The molecule has 0 aromatic carbocycles. The molecule has 1 aromatic rings. The van der Waals surface area contributed by atoms with Crippen LogP contribution in [-0.4, -0.2) is 28.2 Å². The zero-order valence-corrected chi connectivity index (χ0v) is 9.13. The number of aliphatic hydroxyl groups excluding tert-OH is 1. The Balaban J connectivity index is 2.47. The molecule has 0 aliphatic carbocycles. The van der Waals surface area contributed by atoms with Gasteiger partial charge in [0.25, 0.3) is 0 Å². The number of pyridine rings is 1. The van der Waals surface area contributed by atoms with E-state index in [0.717, 1.165) is 17.7 Å². The van der Waals surface area contributed by atoms with Gasteiger partial charge in [0.1, 0.15) is 5.82 Å². The molecule has 1 unspecified atom stereocenters. The Kier molecular flexibility index (Phi) is 4.76. The summed E-state index contributed by atoms with van der Waals surface area (Å²) in [6.07, 6.45) is 4.78. The first-order valence-electron chi connectivity index (χ1n) is 4.60. The molecule has 1 rings (SSSR count). The smallest absolute Gasteiger partial charge is 0.126 e. The van der Waals surface area contributed by atoms with Crippen molar-refractivity contribution in [3.8, 4) is 0 Å². The molecule has 3 nitrogen and oxygen atoms in total. The maximum absolute atomic E-state index is 9.66. The topological polar surface area (TPSA) is 59.1 Å². The second-order valence-corrected chi connectivity index (χ2v) is 4.17. The van der Waals surface area contributed by atoms with E-state index in [-0.39, 0.29) is 6.10 Å². The predicted molar refractivity (Wildman–Crippen MR) is 61.4 cm³/mol. The molecule has 0 saturated heterocycles. The molecule has 0 saturated carbocycles. The number of nitrogens with zero attached hydrogens (tertiary/aromatic N) is 1. The zero-order chi connectivity index (χ0) is 10.4. The van der Waals surface area contributed by atoms with Crippen LogP contribution in [0.3, 0.4) is 0 Å². The molecule has 0 amide bonds. The third-order valence-electron chi connectivity index (χ3n) is 2.04. The van der Waals surface area contributed by atoms with Crippen molar-refractivity contribution in [2.75, 3.05) is 17.7 Å². The zero-order valence-electron chi connectivity index (χ0n) is 8.31. The molecule has 78 valence electrons. The predicted octanol–water partition coefficient (Wildman–Crippen LogP) is 1.32. The Morgan fingerprint density at radius 3 is 3.07 bits per heavy atom. The van der Waals surface area contributed by atoms with Crippen molar-refractivity contribution in [2.24, 2.45) is 0 Å². The van der Waals surface area contributed by atoms with E-state index in [1.165, 1.54) is 0 Å². The molecule has 0 aliphatic heterocycles. The molecule has 0 radical (unpaired) electrons. The van der Waals surface area contributed by atoms with Gasteiger partial charge in [0, 0.05) is 12.6 Å². The molecule has 1 atom stereocenters. The highest BCUT2D eigenvalue weighted by molar-refractivity contribution is 7.98. The Bertz CT molecular complexity index is 281. The molecule has 3 N–H and O–H groups in total. The summed E-state index contributed by atoms with van der Waals surface area (Å²) in [5.41, 5.74) is 6.60. The summed E-state index contributed by atoms with van der Waals surface area (Å²) in [4.78, 5) is 3.97. The first-order valence-corrected chi connectivity index (χ1v) is 5.99. The standard InChI is InChI=1S/C10H16N2OS/c1-14-6-4-9(13)7-8-3-2-5-12-10(8)11/h2-3,5,9,13H,4,6-7H2,1H3,(H2,11,12). The average Bonchev–Trinajstić information content (AvgIpc) is 2.18. The molecule has 0 aliphatic rings. The molecule has 0 spiro atoms. The van der Waals surface area contributed by atoms with Crippen LogP contribution in [0.25, 0.3) is 0 Å². The minimum Gasteiger partial charge on any atom is -0.393 e. The van der Waals surface area contributed by atoms with Gasteiger partial charge in [-0.05, 0) is 30.1 Å². The number of thioether (sulfide) groups is 1. The summed E-state index contributed by atoms with van der Waals surface area (Å²) < 4.78 is 0. The van der Waals surface area contributed by atoms with E-state index >= 15 is 0 Å². The third kappa shape index (κ3) is 3.55. The summed E-state index contributed by atoms with van der Waals surface area (Å²) in [6, 6.07) is 3.75. The van der Waals surface area contributed by atoms with Crippen molar-refractivity contribution in [1.82, 2.24) is 4.98 Å². The number of rotatable bonds is 5. The largest absolute Gasteiger partial charge is 0.393 e. The SMILES string of the molecule is CSCCC(O)Cc1cccnc1N. The van der Waals surface area contributed by atoms with Crippen LogP contribution in [0.1, 0.15) is 12.0 Å². The maximum Gasteiger partial charge on any atom is 0.126 e. The van der Waals surface area contributed by atoms with Gasteiger partial charge in [-0.3, -0.25) is 0 Å².